The molecule has 0 saturated heterocycles. The summed E-state index contributed by atoms with van der Waals surface area (Å²) in [7, 11) is 2.87. The molecule has 25 heavy (non-hydrogen) atoms. The van der Waals surface area contributed by atoms with Crippen molar-refractivity contribution in [1.29, 1.82) is 0 Å². The molecule has 0 unspecified atom stereocenters. The Morgan fingerprint density at radius 2 is 1.96 bits per heavy atom. The topological polar surface area (TPSA) is 90.9 Å². The minimum Gasteiger partial charge on any atom is -0.324 e. The van der Waals surface area contributed by atoms with Crippen LogP contribution in [0.4, 0.5) is 10.1 Å². The van der Waals surface area contributed by atoms with E-state index in [9.17, 15) is 18.8 Å². The summed E-state index contributed by atoms with van der Waals surface area (Å²) in [5.41, 5.74) is 0.420. The van der Waals surface area contributed by atoms with Crippen molar-refractivity contribution >= 4 is 22.8 Å². The third kappa shape index (κ3) is 2.84. The van der Waals surface area contributed by atoms with Crippen molar-refractivity contribution in [1.82, 2.24) is 18.7 Å². The van der Waals surface area contributed by atoms with Crippen LogP contribution in [0.2, 0.25) is 0 Å². The Morgan fingerprint density at radius 1 is 1.24 bits per heavy atom. The molecule has 0 aliphatic rings. The maximum Gasteiger partial charge on any atom is 0.332 e. The number of imidazole rings is 1. The van der Waals surface area contributed by atoms with E-state index in [0.29, 0.717) is 11.3 Å². The molecule has 130 valence electrons. The highest BCUT2D eigenvalue weighted by Gasteiger charge is 2.16. The monoisotopic (exact) mass is 345 g/mol. The lowest BCUT2D eigenvalue weighted by Gasteiger charge is -2.10. The summed E-state index contributed by atoms with van der Waals surface area (Å²) < 4.78 is 16.7. The highest BCUT2D eigenvalue weighted by atomic mass is 19.1. The number of aryl methyl sites for hydroxylation is 2. The molecule has 0 radical (unpaired) electrons. The Morgan fingerprint density at radius 3 is 2.64 bits per heavy atom. The number of benzene rings is 1. The van der Waals surface area contributed by atoms with Crippen LogP contribution in [0.1, 0.15) is 5.56 Å². The molecule has 2 heterocycles. The zero-order valence-electron chi connectivity index (χ0n) is 13.9. The standard InChI is InChI=1S/C16H16FN5O3/c1-9-6-10(17)4-5-11(9)19-12(23)7-22-8-18-14-13(22)15(24)21(3)16(25)20(14)2/h4-6,8H,7H2,1-3H3,(H,19,23). The van der Waals surface area contributed by atoms with Crippen LogP contribution in [0.15, 0.2) is 34.1 Å². The van der Waals surface area contributed by atoms with Crippen LogP contribution in [0.3, 0.4) is 0 Å². The highest BCUT2D eigenvalue weighted by Crippen LogP contribution is 2.16. The number of nitrogens with zero attached hydrogens (tertiary/aromatic N) is 4. The number of hydrogen-bond acceptors (Lipinski definition) is 4. The molecule has 0 aliphatic carbocycles. The average molecular weight is 345 g/mol. The number of carbonyl (C=O) groups excluding carboxylic acids is 1. The van der Waals surface area contributed by atoms with Gasteiger partial charge in [-0.25, -0.2) is 14.2 Å². The van der Waals surface area contributed by atoms with Gasteiger partial charge in [-0.05, 0) is 30.7 Å². The zero-order valence-corrected chi connectivity index (χ0v) is 13.9. The zero-order chi connectivity index (χ0) is 18.3. The SMILES string of the molecule is Cc1cc(F)ccc1NC(=O)Cn1cnc2c1c(=O)n(C)c(=O)n2C. The molecule has 3 aromatic rings. The minimum atomic E-state index is -0.527. The molecule has 8 nitrogen and oxygen atoms in total. The van der Waals surface area contributed by atoms with Gasteiger partial charge in [0.25, 0.3) is 5.56 Å². The van der Waals surface area contributed by atoms with Crippen LogP contribution < -0.4 is 16.6 Å². The van der Waals surface area contributed by atoms with Gasteiger partial charge in [0.2, 0.25) is 5.91 Å². The quantitative estimate of drug-likeness (QED) is 0.749. The first-order valence-electron chi connectivity index (χ1n) is 7.46. The molecule has 0 bridgehead atoms. The normalized spacial score (nSPS) is 11.0. The lowest BCUT2D eigenvalue weighted by Crippen LogP contribution is -2.37. The Hall–Kier alpha value is -3.23. The second-order valence-corrected chi connectivity index (χ2v) is 5.76. The molecular weight excluding hydrogens is 329 g/mol. The van der Waals surface area contributed by atoms with Crippen molar-refractivity contribution in [2.24, 2.45) is 14.1 Å². The van der Waals surface area contributed by atoms with Gasteiger partial charge in [-0.1, -0.05) is 0 Å². The summed E-state index contributed by atoms with van der Waals surface area (Å²) >= 11 is 0. The van der Waals surface area contributed by atoms with Crippen molar-refractivity contribution in [3.05, 3.63) is 56.7 Å². The molecule has 1 amide bonds. The molecule has 0 spiro atoms. The van der Waals surface area contributed by atoms with E-state index in [1.54, 1.807) is 6.92 Å². The van der Waals surface area contributed by atoms with Crippen molar-refractivity contribution in [3.8, 4) is 0 Å². The number of hydrogen-bond donors (Lipinski definition) is 1. The predicted molar refractivity (Wildman–Crippen MR) is 90.0 cm³/mol. The fourth-order valence-corrected chi connectivity index (χ4v) is 2.63. The summed E-state index contributed by atoms with van der Waals surface area (Å²) in [6.07, 6.45) is 1.34. The van der Waals surface area contributed by atoms with Crippen LogP contribution in [0.25, 0.3) is 11.2 Å². The van der Waals surface area contributed by atoms with Crippen molar-refractivity contribution in [3.63, 3.8) is 0 Å². The second kappa shape index (κ2) is 6.00. The van der Waals surface area contributed by atoms with Crippen LogP contribution in [-0.4, -0.2) is 24.6 Å². The number of aromatic nitrogens is 4. The molecule has 1 aromatic carbocycles. The third-order valence-corrected chi connectivity index (χ3v) is 3.99. The first-order chi connectivity index (χ1) is 11.8. The third-order valence-electron chi connectivity index (χ3n) is 3.99. The van der Waals surface area contributed by atoms with E-state index in [4.69, 9.17) is 0 Å². The van der Waals surface area contributed by atoms with E-state index >= 15 is 0 Å². The van der Waals surface area contributed by atoms with Crippen LogP contribution in [-0.2, 0) is 25.4 Å². The molecule has 1 N–H and O–H groups in total. The van der Waals surface area contributed by atoms with E-state index in [-0.39, 0.29) is 23.5 Å². The molecule has 0 saturated carbocycles. The fourth-order valence-electron chi connectivity index (χ4n) is 2.63. The smallest absolute Gasteiger partial charge is 0.324 e. The van der Waals surface area contributed by atoms with Crippen LogP contribution >= 0.6 is 0 Å². The van der Waals surface area contributed by atoms with Gasteiger partial charge in [0, 0.05) is 19.8 Å². The largest absolute Gasteiger partial charge is 0.332 e. The first kappa shape index (κ1) is 16.6. The van der Waals surface area contributed by atoms with E-state index in [2.05, 4.69) is 10.3 Å². The Labute approximate surface area is 141 Å². The summed E-state index contributed by atoms with van der Waals surface area (Å²) in [5, 5.41) is 2.67. The predicted octanol–water partition coefficient (Wildman–Crippen LogP) is 0.520. The van der Waals surface area contributed by atoms with Crippen LogP contribution in [0, 0.1) is 12.7 Å². The highest BCUT2D eigenvalue weighted by molar-refractivity contribution is 5.92. The molecule has 0 fully saturated rings. The van der Waals surface area contributed by atoms with Crippen molar-refractivity contribution in [2.75, 3.05) is 5.32 Å². The van der Waals surface area contributed by atoms with Gasteiger partial charge in [0.05, 0.1) is 6.33 Å². The van der Waals surface area contributed by atoms with E-state index in [1.807, 2.05) is 0 Å². The maximum absolute atomic E-state index is 13.1. The summed E-state index contributed by atoms with van der Waals surface area (Å²) in [5.74, 6) is -0.787. The molecule has 3 rings (SSSR count). The lowest BCUT2D eigenvalue weighted by molar-refractivity contribution is -0.116. The first-order valence-corrected chi connectivity index (χ1v) is 7.46. The number of carbonyl (C=O) groups is 1. The van der Waals surface area contributed by atoms with E-state index in [0.717, 1.165) is 4.57 Å². The van der Waals surface area contributed by atoms with Gasteiger partial charge in [-0.2, -0.15) is 0 Å². The van der Waals surface area contributed by atoms with Crippen molar-refractivity contribution in [2.45, 2.75) is 13.5 Å². The minimum absolute atomic E-state index is 0.163. The lowest BCUT2D eigenvalue weighted by atomic mass is 10.2. The number of fused-ring (bicyclic) bond motifs is 1. The molecule has 0 atom stereocenters. The average Bonchev–Trinajstić information content (AvgIpc) is 2.97. The molecule has 9 heteroatoms. The van der Waals surface area contributed by atoms with Crippen LogP contribution in [0.5, 0.6) is 0 Å². The van der Waals surface area contributed by atoms with Gasteiger partial charge in [0.15, 0.2) is 11.2 Å². The Balaban J connectivity index is 1.94. The molecular formula is C16H16FN5O3. The van der Waals surface area contributed by atoms with Crippen molar-refractivity contribution < 1.29 is 9.18 Å². The maximum atomic E-state index is 13.1. The Bertz CT molecular complexity index is 1110. The number of amides is 1. The number of nitrogens with one attached hydrogen (secondary N) is 1. The summed E-state index contributed by atoms with van der Waals surface area (Å²) in [6.45, 7) is 1.51. The second-order valence-electron chi connectivity index (χ2n) is 5.76. The van der Waals surface area contributed by atoms with Gasteiger partial charge in [-0.15, -0.1) is 0 Å². The van der Waals surface area contributed by atoms with Gasteiger partial charge >= 0.3 is 5.69 Å². The number of anilines is 1. The summed E-state index contributed by atoms with van der Waals surface area (Å²) in [4.78, 5) is 40.6. The fraction of sp³-hybridized carbons (Fsp3) is 0.250. The molecule has 2 aromatic heterocycles. The summed E-state index contributed by atoms with van der Waals surface area (Å²) in [6, 6.07) is 4.03. The Kier molecular flexibility index (Phi) is 3.99. The van der Waals surface area contributed by atoms with Gasteiger partial charge < -0.3 is 9.88 Å². The van der Waals surface area contributed by atoms with Gasteiger partial charge in [0.1, 0.15) is 12.4 Å². The van der Waals surface area contributed by atoms with Gasteiger partial charge in [-0.3, -0.25) is 18.7 Å². The number of halogens is 1. The van der Waals surface area contributed by atoms with E-state index in [1.165, 1.54) is 47.8 Å². The van der Waals surface area contributed by atoms with E-state index < -0.39 is 17.2 Å². The number of rotatable bonds is 3. The molecule has 0 aliphatic heterocycles.